The minimum absolute atomic E-state index is 0.0407. The fraction of sp³-hybridized carbons (Fsp3) is 0.571. The van der Waals surface area contributed by atoms with Crippen LogP contribution in [0.4, 0.5) is 14.7 Å². The van der Waals surface area contributed by atoms with Crippen LogP contribution in [-0.4, -0.2) is 46.2 Å². The van der Waals surface area contributed by atoms with E-state index in [4.69, 9.17) is 28.3 Å². The van der Waals surface area contributed by atoms with Crippen LogP contribution in [-0.2, 0) is 0 Å². The van der Waals surface area contributed by atoms with Crippen LogP contribution in [0.5, 0.6) is 0 Å². The number of aliphatic hydroxyl groups is 1. The van der Waals surface area contributed by atoms with E-state index in [1.165, 1.54) is 0 Å². The average molecular weight is 273 g/mol. The van der Waals surface area contributed by atoms with Crippen molar-refractivity contribution in [1.29, 1.82) is 0 Å². The van der Waals surface area contributed by atoms with E-state index in [0.29, 0.717) is 0 Å². The maximum Gasteiger partial charge on any atom is 0.255 e. The second kappa shape index (κ2) is 6.07. The van der Waals surface area contributed by atoms with Crippen LogP contribution in [0, 0.1) is 0 Å². The maximum absolute atomic E-state index is 12.2. The highest BCUT2D eigenvalue weighted by Crippen LogP contribution is 2.14. The molecule has 90 valence electrons. The molecule has 1 aromatic heterocycles. The van der Waals surface area contributed by atoms with Gasteiger partial charge in [-0.25, -0.2) is 8.78 Å². The molecule has 1 aromatic rings. The SMILES string of the molecule is OCCN(CC(F)F)c1nc(Cl)nc(Cl)n1. The van der Waals surface area contributed by atoms with Crippen LogP contribution in [0.2, 0.25) is 10.6 Å². The first-order valence-electron chi connectivity index (χ1n) is 4.24. The summed E-state index contributed by atoms with van der Waals surface area (Å²) in [6.45, 7) is -0.966. The molecule has 5 nitrogen and oxygen atoms in total. The Morgan fingerprint density at radius 3 is 2.19 bits per heavy atom. The molecule has 0 aliphatic carbocycles. The standard InChI is InChI=1S/C7H8Cl2F2N4O/c8-5-12-6(9)14-7(13-5)15(1-2-16)3-4(10)11/h4,16H,1-3H2. The highest BCUT2D eigenvalue weighted by Gasteiger charge is 2.16. The first kappa shape index (κ1) is 13.3. The minimum Gasteiger partial charge on any atom is -0.395 e. The molecule has 0 saturated heterocycles. The Hall–Kier alpha value is -0.790. The number of alkyl halides is 2. The highest BCUT2D eigenvalue weighted by molar-refractivity contribution is 6.31. The van der Waals surface area contributed by atoms with Gasteiger partial charge in [0.25, 0.3) is 6.43 Å². The fourth-order valence-electron chi connectivity index (χ4n) is 1.02. The normalized spacial score (nSPS) is 10.9. The molecule has 0 aliphatic rings. The Morgan fingerprint density at radius 2 is 1.75 bits per heavy atom. The number of aliphatic hydroxyl groups excluding tert-OH is 1. The number of hydrogen-bond acceptors (Lipinski definition) is 5. The van der Waals surface area contributed by atoms with Gasteiger partial charge in [0.15, 0.2) is 0 Å². The second-order valence-electron chi connectivity index (χ2n) is 2.73. The van der Waals surface area contributed by atoms with E-state index < -0.39 is 13.0 Å². The molecule has 0 saturated carbocycles. The zero-order valence-electron chi connectivity index (χ0n) is 7.95. The molecule has 0 aliphatic heterocycles. The third kappa shape index (κ3) is 3.99. The molecular weight excluding hydrogens is 265 g/mol. The third-order valence-corrected chi connectivity index (χ3v) is 1.92. The predicted octanol–water partition coefficient (Wildman–Crippen LogP) is 1.24. The average Bonchev–Trinajstić information content (AvgIpc) is 2.14. The van der Waals surface area contributed by atoms with Crippen molar-refractivity contribution in [2.45, 2.75) is 6.43 Å². The quantitative estimate of drug-likeness (QED) is 0.874. The molecule has 9 heteroatoms. The molecule has 0 aromatic carbocycles. The van der Waals surface area contributed by atoms with Gasteiger partial charge in [-0.3, -0.25) is 0 Å². The van der Waals surface area contributed by atoms with Gasteiger partial charge in [0.05, 0.1) is 13.2 Å². The van der Waals surface area contributed by atoms with Crippen LogP contribution in [0.1, 0.15) is 0 Å². The summed E-state index contributed by atoms with van der Waals surface area (Å²) in [5, 5.41) is 8.35. The number of aromatic nitrogens is 3. The smallest absolute Gasteiger partial charge is 0.255 e. The Bertz CT molecular complexity index is 335. The van der Waals surface area contributed by atoms with Crippen molar-refractivity contribution in [3.63, 3.8) is 0 Å². The lowest BCUT2D eigenvalue weighted by Gasteiger charge is -2.20. The van der Waals surface area contributed by atoms with Crippen molar-refractivity contribution >= 4 is 29.2 Å². The molecule has 0 atom stereocenters. The second-order valence-corrected chi connectivity index (χ2v) is 3.41. The summed E-state index contributed by atoms with van der Waals surface area (Å²) in [5.74, 6) is -0.0839. The van der Waals surface area contributed by atoms with Crippen molar-refractivity contribution in [1.82, 2.24) is 15.0 Å². The molecule has 16 heavy (non-hydrogen) atoms. The van der Waals surface area contributed by atoms with Crippen LogP contribution in [0.15, 0.2) is 0 Å². The summed E-state index contributed by atoms with van der Waals surface area (Å²) in [6, 6.07) is 0. The van der Waals surface area contributed by atoms with Gasteiger partial charge in [-0.1, -0.05) is 0 Å². The molecule has 0 bridgehead atoms. The van der Waals surface area contributed by atoms with E-state index in [1.54, 1.807) is 0 Å². The van der Waals surface area contributed by atoms with Crippen molar-refractivity contribution in [3.05, 3.63) is 10.6 Å². The summed E-state index contributed by atoms with van der Waals surface area (Å²) in [4.78, 5) is 11.9. The van der Waals surface area contributed by atoms with Crippen LogP contribution < -0.4 is 4.90 Å². The van der Waals surface area contributed by atoms with Gasteiger partial charge in [0.2, 0.25) is 16.5 Å². The van der Waals surface area contributed by atoms with E-state index in [2.05, 4.69) is 15.0 Å². The van der Waals surface area contributed by atoms with Crippen molar-refractivity contribution in [2.75, 3.05) is 24.6 Å². The largest absolute Gasteiger partial charge is 0.395 e. The van der Waals surface area contributed by atoms with Crippen LogP contribution >= 0.6 is 23.2 Å². The number of rotatable bonds is 5. The van der Waals surface area contributed by atoms with Gasteiger partial charge in [0, 0.05) is 6.54 Å². The third-order valence-electron chi connectivity index (χ3n) is 1.58. The molecule has 0 fully saturated rings. The van der Waals surface area contributed by atoms with Gasteiger partial charge in [-0.2, -0.15) is 15.0 Å². The molecular formula is C7H8Cl2F2N4O. The molecule has 1 N–H and O–H groups in total. The van der Waals surface area contributed by atoms with Crippen molar-refractivity contribution in [2.24, 2.45) is 0 Å². The Kier molecular flexibility index (Phi) is 5.04. The van der Waals surface area contributed by atoms with Gasteiger partial charge in [-0.15, -0.1) is 0 Å². The van der Waals surface area contributed by atoms with E-state index in [1.807, 2.05) is 0 Å². The summed E-state index contributed by atoms with van der Waals surface area (Å²) in [7, 11) is 0. The van der Waals surface area contributed by atoms with Crippen molar-refractivity contribution < 1.29 is 13.9 Å². The first-order valence-corrected chi connectivity index (χ1v) is 4.99. The highest BCUT2D eigenvalue weighted by atomic mass is 35.5. The van der Waals surface area contributed by atoms with E-state index in [-0.39, 0.29) is 29.7 Å². The van der Waals surface area contributed by atoms with Crippen LogP contribution in [0.25, 0.3) is 0 Å². The molecule has 0 radical (unpaired) electrons. The summed E-state index contributed by atoms with van der Waals surface area (Å²) in [5.41, 5.74) is 0. The number of halogens is 4. The molecule has 0 spiro atoms. The number of anilines is 1. The maximum atomic E-state index is 12.2. The van der Waals surface area contributed by atoms with Gasteiger partial charge >= 0.3 is 0 Å². The van der Waals surface area contributed by atoms with E-state index >= 15 is 0 Å². The minimum atomic E-state index is -2.58. The van der Waals surface area contributed by atoms with Crippen LogP contribution in [0.3, 0.4) is 0 Å². The molecule has 0 unspecified atom stereocenters. The lowest BCUT2D eigenvalue weighted by Crippen LogP contribution is -2.33. The van der Waals surface area contributed by atoms with E-state index in [9.17, 15) is 8.78 Å². The van der Waals surface area contributed by atoms with Gasteiger partial charge in [-0.05, 0) is 23.2 Å². The van der Waals surface area contributed by atoms with E-state index in [0.717, 1.165) is 4.90 Å². The van der Waals surface area contributed by atoms with Crippen molar-refractivity contribution in [3.8, 4) is 0 Å². The lowest BCUT2D eigenvalue weighted by atomic mass is 10.5. The Morgan fingerprint density at radius 1 is 1.19 bits per heavy atom. The first-order chi connectivity index (χ1) is 7.52. The zero-order valence-corrected chi connectivity index (χ0v) is 9.46. The zero-order chi connectivity index (χ0) is 12.1. The summed E-state index contributed by atoms with van der Waals surface area (Å²) >= 11 is 11.0. The van der Waals surface area contributed by atoms with Gasteiger partial charge < -0.3 is 10.0 Å². The monoisotopic (exact) mass is 272 g/mol. The molecule has 1 rings (SSSR count). The number of hydrogen-bond donors (Lipinski definition) is 1. The Balaban J connectivity index is 2.90. The Labute approximate surface area is 100 Å². The predicted molar refractivity (Wildman–Crippen MR) is 55.1 cm³/mol. The topological polar surface area (TPSA) is 62.1 Å². The lowest BCUT2D eigenvalue weighted by molar-refractivity contribution is 0.152. The summed E-state index contributed by atoms with van der Waals surface area (Å²) in [6.07, 6.45) is -2.58. The number of nitrogens with zero attached hydrogens (tertiary/aromatic N) is 4. The molecule has 1 heterocycles. The molecule has 0 amide bonds. The summed E-state index contributed by atoms with van der Waals surface area (Å²) < 4.78 is 24.5. The van der Waals surface area contributed by atoms with Gasteiger partial charge in [0.1, 0.15) is 0 Å². The fourth-order valence-corrected chi connectivity index (χ4v) is 1.37.